The number of nitrogens with zero attached hydrogens (tertiary/aromatic N) is 1. The summed E-state index contributed by atoms with van der Waals surface area (Å²) in [5, 5.41) is 3.07. The molecule has 0 bridgehead atoms. The van der Waals surface area contributed by atoms with Gasteiger partial charge in [-0.3, -0.25) is 0 Å². The van der Waals surface area contributed by atoms with Gasteiger partial charge in [0.2, 0.25) is 0 Å². The van der Waals surface area contributed by atoms with E-state index < -0.39 is 0 Å². The van der Waals surface area contributed by atoms with Crippen LogP contribution in [0.2, 0.25) is 0 Å². The molecule has 3 heteroatoms. The lowest BCUT2D eigenvalue weighted by molar-refractivity contribution is 1.11. The first kappa shape index (κ1) is 11.8. The third kappa shape index (κ3) is 2.93. The Morgan fingerprint density at radius 2 is 2.08 bits per heavy atom. The van der Waals surface area contributed by atoms with Gasteiger partial charge in [-0.05, 0) is 12.5 Å². The fraction of sp³-hybridized carbons (Fsp3) is 0.500. The third-order valence-electron chi connectivity index (χ3n) is 1.71. The van der Waals surface area contributed by atoms with E-state index in [0.29, 0.717) is 5.82 Å². The Morgan fingerprint density at radius 3 is 2.46 bits per heavy atom. The number of hydrogen-bond donors (Lipinski definition) is 2. The van der Waals surface area contributed by atoms with Crippen LogP contribution in [0, 0.1) is 0 Å². The molecule has 1 aromatic heterocycles. The zero-order valence-corrected chi connectivity index (χ0v) is 8.89. The second-order valence-electron chi connectivity index (χ2n) is 2.33. The number of pyridine rings is 1. The molecule has 0 aliphatic rings. The molecule has 0 radical (unpaired) electrons. The average Bonchev–Trinajstić information content (AvgIpc) is 2.20. The highest BCUT2D eigenvalue weighted by Crippen LogP contribution is 2.18. The van der Waals surface area contributed by atoms with Crippen LogP contribution in [0.25, 0.3) is 0 Å². The molecule has 0 unspecified atom stereocenters. The molecule has 74 valence electrons. The van der Waals surface area contributed by atoms with Gasteiger partial charge in [0, 0.05) is 24.5 Å². The Balaban J connectivity index is 0.000000671. The van der Waals surface area contributed by atoms with Crippen LogP contribution in [0.15, 0.2) is 12.3 Å². The summed E-state index contributed by atoms with van der Waals surface area (Å²) in [6.45, 7) is 6.06. The van der Waals surface area contributed by atoms with Crippen LogP contribution >= 0.6 is 0 Å². The van der Waals surface area contributed by atoms with E-state index >= 15 is 0 Å². The summed E-state index contributed by atoms with van der Waals surface area (Å²) in [4.78, 5) is 4.00. The maximum Gasteiger partial charge on any atom is 0.128 e. The van der Waals surface area contributed by atoms with Crippen LogP contribution in [-0.4, -0.2) is 12.0 Å². The monoisotopic (exact) mass is 181 g/mol. The van der Waals surface area contributed by atoms with E-state index in [1.54, 1.807) is 6.20 Å². The van der Waals surface area contributed by atoms with Crippen LogP contribution in [0.5, 0.6) is 0 Å². The van der Waals surface area contributed by atoms with Crippen molar-refractivity contribution < 1.29 is 0 Å². The highest BCUT2D eigenvalue weighted by atomic mass is 14.9. The van der Waals surface area contributed by atoms with Gasteiger partial charge in [0.15, 0.2) is 0 Å². The molecule has 0 aliphatic carbocycles. The molecule has 1 heterocycles. The van der Waals surface area contributed by atoms with Crippen LogP contribution < -0.4 is 11.1 Å². The lowest BCUT2D eigenvalue weighted by atomic mass is 10.1. The SMILES string of the molecule is CC.CCc1c(NC)ccnc1N. The number of rotatable bonds is 2. The Bertz CT molecular complexity index is 246. The molecule has 0 aliphatic heterocycles. The molecule has 1 rings (SSSR count). The normalized spacial score (nSPS) is 8.62. The summed E-state index contributed by atoms with van der Waals surface area (Å²) in [5.41, 5.74) is 7.82. The molecule has 0 aromatic carbocycles. The van der Waals surface area contributed by atoms with Crippen molar-refractivity contribution in [2.45, 2.75) is 27.2 Å². The molecule has 0 spiro atoms. The third-order valence-corrected chi connectivity index (χ3v) is 1.71. The van der Waals surface area contributed by atoms with Crippen LogP contribution in [-0.2, 0) is 6.42 Å². The number of aromatic nitrogens is 1. The van der Waals surface area contributed by atoms with Crippen LogP contribution in [0.1, 0.15) is 26.3 Å². The highest BCUT2D eigenvalue weighted by Gasteiger charge is 2.01. The van der Waals surface area contributed by atoms with Gasteiger partial charge in [-0.2, -0.15) is 0 Å². The van der Waals surface area contributed by atoms with E-state index in [4.69, 9.17) is 5.73 Å². The summed E-state index contributed by atoms with van der Waals surface area (Å²) in [6, 6.07) is 1.93. The highest BCUT2D eigenvalue weighted by molar-refractivity contribution is 5.59. The molecule has 0 saturated carbocycles. The average molecular weight is 181 g/mol. The van der Waals surface area contributed by atoms with Gasteiger partial charge < -0.3 is 11.1 Å². The molecule has 13 heavy (non-hydrogen) atoms. The molecular weight excluding hydrogens is 162 g/mol. The Kier molecular flexibility index (Phi) is 5.68. The van der Waals surface area contributed by atoms with E-state index in [9.17, 15) is 0 Å². The van der Waals surface area contributed by atoms with Gasteiger partial charge in [0.1, 0.15) is 5.82 Å². The van der Waals surface area contributed by atoms with Gasteiger partial charge in [-0.25, -0.2) is 4.98 Å². The first-order valence-corrected chi connectivity index (χ1v) is 4.70. The van der Waals surface area contributed by atoms with Crippen molar-refractivity contribution in [3.63, 3.8) is 0 Å². The fourth-order valence-electron chi connectivity index (χ4n) is 1.11. The molecule has 0 saturated heterocycles. The van der Waals surface area contributed by atoms with Crippen molar-refractivity contribution in [3.8, 4) is 0 Å². The van der Waals surface area contributed by atoms with E-state index in [-0.39, 0.29) is 0 Å². The predicted octanol–water partition coefficient (Wildman–Crippen LogP) is 2.29. The molecule has 1 aromatic rings. The standard InChI is InChI=1S/C8H13N3.C2H6/c1-3-6-7(10-2)4-5-11-8(6)9;1-2/h4-5H,3H2,1-2H3,(H3,9,10,11);1-2H3. The van der Waals surface area contributed by atoms with Crippen LogP contribution in [0.4, 0.5) is 11.5 Å². The number of nitrogens with one attached hydrogen (secondary N) is 1. The Morgan fingerprint density at radius 1 is 1.46 bits per heavy atom. The maximum atomic E-state index is 5.66. The number of nitrogen functional groups attached to an aromatic ring is 1. The van der Waals surface area contributed by atoms with Gasteiger partial charge in [0.25, 0.3) is 0 Å². The van der Waals surface area contributed by atoms with E-state index in [1.165, 1.54) is 0 Å². The largest absolute Gasteiger partial charge is 0.388 e. The van der Waals surface area contributed by atoms with Crippen molar-refractivity contribution in [2.24, 2.45) is 0 Å². The smallest absolute Gasteiger partial charge is 0.128 e. The van der Waals surface area contributed by atoms with E-state index in [2.05, 4.69) is 17.2 Å². The second-order valence-corrected chi connectivity index (χ2v) is 2.33. The van der Waals surface area contributed by atoms with E-state index in [1.807, 2.05) is 27.0 Å². The van der Waals surface area contributed by atoms with Crippen molar-refractivity contribution in [1.29, 1.82) is 0 Å². The zero-order valence-electron chi connectivity index (χ0n) is 8.89. The summed E-state index contributed by atoms with van der Waals surface area (Å²) in [5.74, 6) is 0.624. The second kappa shape index (κ2) is 6.29. The number of anilines is 2. The molecule has 3 nitrogen and oxygen atoms in total. The van der Waals surface area contributed by atoms with Crippen LogP contribution in [0.3, 0.4) is 0 Å². The minimum Gasteiger partial charge on any atom is -0.388 e. The molecule has 0 amide bonds. The van der Waals surface area contributed by atoms with Gasteiger partial charge >= 0.3 is 0 Å². The molecular formula is C10H19N3. The summed E-state index contributed by atoms with van der Waals surface area (Å²) >= 11 is 0. The van der Waals surface area contributed by atoms with Crippen molar-refractivity contribution in [2.75, 3.05) is 18.1 Å². The summed E-state index contributed by atoms with van der Waals surface area (Å²) in [7, 11) is 1.88. The topological polar surface area (TPSA) is 50.9 Å². The maximum absolute atomic E-state index is 5.66. The first-order valence-electron chi connectivity index (χ1n) is 4.70. The molecule has 3 N–H and O–H groups in total. The predicted molar refractivity (Wildman–Crippen MR) is 58.9 cm³/mol. The van der Waals surface area contributed by atoms with Crippen molar-refractivity contribution >= 4 is 11.5 Å². The lowest BCUT2D eigenvalue weighted by Gasteiger charge is -2.07. The summed E-state index contributed by atoms with van der Waals surface area (Å²) in [6.07, 6.45) is 2.62. The number of hydrogen-bond acceptors (Lipinski definition) is 3. The van der Waals surface area contributed by atoms with Gasteiger partial charge in [0.05, 0.1) is 0 Å². The van der Waals surface area contributed by atoms with Crippen molar-refractivity contribution in [1.82, 2.24) is 4.98 Å². The minimum absolute atomic E-state index is 0.624. The first-order chi connectivity index (χ1) is 6.29. The van der Waals surface area contributed by atoms with Gasteiger partial charge in [-0.1, -0.05) is 20.8 Å². The van der Waals surface area contributed by atoms with Crippen molar-refractivity contribution in [3.05, 3.63) is 17.8 Å². The molecule has 0 fully saturated rings. The Hall–Kier alpha value is -1.25. The quantitative estimate of drug-likeness (QED) is 0.736. The summed E-state index contributed by atoms with van der Waals surface area (Å²) < 4.78 is 0. The molecule has 0 atom stereocenters. The lowest BCUT2D eigenvalue weighted by Crippen LogP contribution is -2.01. The fourth-order valence-corrected chi connectivity index (χ4v) is 1.11. The Labute approximate surface area is 80.4 Å². The minimum atomic E-state index is 0.624. The van der Waals surface area contributed by atoms with E-state index in [0.717, 1.165) is 17.7 Å². The zero-order chi connectivity index (χ0) is 10.3. The van der Waals surface area contributed by atoms with Gasteiger partial charge in [-0.15, -0.1) is 0 Å². The number of nitrogens with two attached hydrogens (primary N) is 1.